The summed E-state index contributed by atoms with van der Waals surface area (Å²) in [5, 5.41) is 20.4. The molecule has 0 aliphatic rings. The van der Waals surface area contributed by atoms with E-state index in [4.69, 9.17) is 4.74 Å². The third-order valence-corrected chi connectivity index (χ3v) is 9.28. The summed E-state index contributed by atoms with van der Waals surface area (Å²) in [6, 6.07) is 28.2. The topological polar surface area (TPSA) is 130 Å². The van der Waals surface area contributed by atoms with Crippen LogP contribution in [0.15, 0.2) is 113 Å². The number of nitrogens with one attached hydrogen (secondary N) is 3. The molecule has 3 amide bonds. The molecule has 1 aromatic heterocycles. The smallest absolute Gasteiger partial charge is 0.272 e. The third-order valence-electron chi connectivity index (χ3n) is 7.16. The molecule has 0 saturated carbocycles. The number of hydrogen-bond donors (Lipinski definition) is 4. The maximum Gasteiger partial charge on any atom is 0.272 e. The van der Waals surface area contributed by atoms with Crippen molar-refractivity contribution in [1.82, 2.24) is 10.3 Å². The first-order valence-electron chi connectivity index (χ1n) is 15.1. The lowest BCUT2D eigenvalue weighted by Gasteiger charge is -2.15. The lowest BCUT2D eigenvalue weighted by molar-refractivity contribution is -0.116. The molecule has 0 fully saturated rings. The zero-order valence-corrected chi connectivity index (χ0v) is 28.2. The van der Waals surface area contributed by atoms with Gasteiger partial charge in [-0.2, -0.15) is 0 Å². The number of phenolic OH excluding ortho intramolecular Hbond substituents is 1. The lowest BCUT2D eigenvalue weighted by Crippen LogP contribution is -2.30. The summed E-state index contributed by atoms with van der Waals surface area (Å²) in [6.07, 6.45) is 2.05. The molecule has 1 atom stereocenters. The molecule has 1 heterocycles. The molecule has 1 unspecified atom stereocenters. The van der Waals surface area contributed by atoms with E-state index in [0.717, 1.165) is 21.7 Å². The number of methoxy groups -OCH3 is 1. The number of aromatic hydroxyl groups is 1. The van der Waals surface area contributed by atoms with Crippen LogP contribution in [-0.4, -0.2) is 40.2 Å². The van der Waals surface area contributed by atoms with Crippen molar-refractivity contribution in [2.75, 3.05) is 17.7 Å². The summed E-state index contributed by atoms with van der Waals surface area (Å²) >= 11 is 2.75. The Morgan fingerprint density at radius 3 is 2.46 bits per heavy atom. The summed E-state index contributed by atoms with van der Waals surface area (Å²) < 4.78 is 5.37. The van der Waals surface area contributed by atoms with Crippen molar-refractivity contribution in [3.63, 3.8) is 0 Å². The molecule has 0 saturated heterocycles. The van der Waals surface area contributed by atoms with Crippen molar-refractivity contribution in [3.05, 3.63) is 125 Å². The van der Waals surface area contributed by atoms with E-state index in [0.29, 0.717) is 34.1 Å². The standard InChI is InChI=1S/C37H34N4O5S2/c1-4-33(36(45)41-37-40-31(22-47-37)24-15-13-23(2)14-16-24)48-29-12-8-11-27(20-29)38-35(44)30(39-34(43)25-9-6-5-7-10-25)19-26-17-18-28(42)21-32(26)46-3/h5-22,33,42H,4H2,1-3H3,(H,38,44)(H,39,43)(H,40,41,45)/b30-19+. The average molecular weight is 679 g/mol. The minimum Gasteiger partial charge on any atom is -0.508 e. The van der Waals surface area contributed by atoms with Gasteiger partial charge in [-0.15, -0.1) is 23.1 Å². The van der Waals surface area contributed by atoms with Gasteiger partial charge in [-0.25, -0.2) is 4.98 Å². The number of rotatable bonds is 12. The SMILES string of the molecule is CCC(Sc1cccc(NC(=O)/C(=C\c2ccc(O)cc2OC)NC(=O)c2ccccc2)c1)C(=O)Nc1nc(-c2ccc(C)cc2)cs1. The van der Waals surface area contributed by atoms with Gasteiger partial charge in [0, 0.05) is 38.7 Å². The minimum atomic E-state index is -0.575. The summed E-state index contributed by atoms with van der Waals surface area (Å²) in [6.45, 7) is 3.97. The van der Waals surface area contributed by atoms with Gasteiger partial charge in [-0.1, -0.05) is 61.0 Å². The van der Waals surface area contributed by atoms with Crippen molar-refractivity contribution >= 4 is 57.7 Å². The molecular formula is C37H34N4O5S2. The lowest BCUT2D eigenvalue weighted by atomic mass is 10.1. The monoisotopic (exact) mass is 678 g/mol. The number of phenols is 1. The van der Waals surface area contributed by atoms with E-state index < -0.39 is 17.1 Å². The number of amides is 3. The maximum atomic E-state index is 13.6. The number of aryl methyl sites for hydroxylation is 1. The van der Waals surface area contributed by atoms with Gasteiger partial charge in [0.25, 0.3) is 11.8 Å². The number of carbonyl (C=O) groups excluding carboxylic acids is 3. The number of nitrogens with zero attached hydrogens (tertiary/aromatic N) is 1. The molecular weight excluding hydrogens is 645 g/mol. The van der Waals surface area contributed by atoms with Gasteiger partial charge in [0.05, 0.1) is 18.1 Å². The van der Waals surface area contributed by atoms with Crippen molar-refractivity contribution < 1.29 is 24.2 Å². The Labute approximate surface area is 287 Å². The second-order valence-corrected chi connectivity index (χ2v) is 12.8. The highest BCUT2D eigenvalue weighted by Crippen LogP contribution is 2.31. The van der Waals surface area contributed by atoms with Crippen LogP contribution in [0.2, 0.25) is 0 Å². The fourth-order valence-corrected chi connectivity index (χ4v) is 6.36. The number of benzene rings is 4. The number of carbonyl (C=O) groups is 3. The van der Waals surface area contributed by atoms with Crippen LogP contribution < -0.4 is 20.7 Å². The number of anilines is 2. The van der Waals surface area contributed by atoms with Crippen molar-refractivity contribution in [1.29, 1.82) is 0 Å². The van der Waals surface area contributed by atoms with Crippen molar-refractivity contribution in [2.45, 2.75) is 30.4 Å². The van der Waals surface area contributed by atoms with Crippen LogP contribution in [0.4, 0.5) is 10.8 Å². The Morgan fingerprint density at radius 2 is 1.73 bits per heavy atom. The first kappa shape index (κ1) is 34.0. The highest BCUT2D eigenvalue weighted by Gasteiger charge is 2.21. The van der Waals surface area contributed by atoms with Gasteiger partial charge >= 0.3 is 0 Å². The second kappa shape index (κ2) is 15.9. The first-order chi connectivity index (χ1) is 23.2. The van der Waals surface area contributed by atoms with E-state index in [1.54, 1.807) is 54.6 Å². The maximum absolute atomic E-state index is 13.6. The fourth-order valence-electron chi connectivity index (χ4n) is 4.62. The van der Waals surface area contributed by atoms with Gasteiger partial charge in [0.2, 0.25) is 5.91 Å². The molecule has 0 aliphatic heterocycles. The summed E-state index contributed by atoms with van der Waals surface area (Å²) in [5.74, 6) is -0.897. The van der Waals surface area contributed by atoms with Crippen LogP contribution in [0.1, 0.15) is 34.8 Å². The average Bonchev–Trinajstić information content (AvgIpc) is 3.56. The predicted molar refractivity (Wildman–Crippen MR) is 192 cm³/mol. The number of thiazole rings is 1. The van der Waals surface area contributed by atoms with E-state index >= 15 is 0 Å². The molecule has 9 nitrogen and oxygen atoms in total. The van der Waals surface area contributed by atoms with Crippen molar-refractivity contribution in [3.8, 4) is 22.8 Å². The fraction of sp³-hybridized carbons (Fsp3) is 0.135. The van der Waals surface area contributed by atoms with E-state index in [1.807, 2.05) is 49.6 Å². The molecule has 0 bridgehead atoms. The number of aromatic nitrogens is 1. The molecule has 244 valence electrons. The quantitative estimate of drug-likeness (QED) is 0.0784. The first-order valence-corrected chi connectivity index (χ1v) is 16.8. The van der Waals surface area contributed by atoms with E-state index in [1.165, 1.54) is 48.4 Å². The summed E-state index contributed by atoms with van der Waals surface area (Å²) in [7, 11) is 1.45. The molecule has 5 rings (SSSR count). The molecule has 5 aromatic rings. The minimum absolute atomic E-state index is 0.00430. The highest BCUT2D eigenvalue weighted by molar-refractivity contribution is 8.00. The number of ether oxygens (including phenoxy) is 1. The Kier molecular flexibility index (Phi) is 11.3. The van der Waals surface area contributed by atoms with Gasteiger partial charge in [0.15, 0.2) is 5.13 Å². The van der Waals surface area contributed by atoms with Gasteiger partial charge in [0.1, 0.15) is 17.2 Å². The molecule has 0 spiro atoms. The zero-order valence-electron chi connectivity index (χ0n) is 26.5. The Morgan fingerprint density at radius 1 is 0.958 bits per heavy atom. The number of thioether (sulfide) groups is 1. The Balaban J connectivity index is 1.30. The van der Waals surface area contributed by atoms with Crippen LogP contribution in [-0.2, 0) is 9.59 Å². The molecule has 0 radical (unpaired) electrons. The predicted octanol–water partition coefficient (Wildman–Crippen LogP) is 7.75. The van der Waals surface area contributed by atoms with Crippen LogP contribution in [0.25, 0.3) is 17.3 Å². The third kappa shape index (κ3) is 8.90. The Bertz CT molecular complexity index is 1940. The van der Waals surface area contributed by atoms with E-state index in [2.05, 4.69) is 20.9 Å². The van der Waals surface area contributed by atoms with E-state index in [-0.39, 0.29) is 17.4 Å². The van der Waals surface area contributed by atoms with E-state index in [9.17, 15) is 19.5 Å². The normalized spacial score (nSPS) is 11.8. The summed E-state index contributed by atoms with van der Waals surface area (Å²) in [4.78, 5) is 45.3. The van der Waals surface area contributed by atoms with Gasteiger partial charge < -0.3 is 25.8 Å². The van der Waals surface area contributed by atoms with Crippen LogP contribution >= 0.6 is 23.1 Å². The largest absolute Gasteiger partial charge is 0.508 e. The molecule has 48 heavy (non-hydrogen) atoms. The summed E-state index contributed by atoms with van der Waals surface area (Å²) in [5.41, 5.74) is 4.23. The molecule has 4 N–H and O–H groups in total. The Hall–Kier alpha value is -5.39. The van der Waals surface area contributed by atoms with Crippen LogP contribution in [0, 0.1) is 6.92 Å². The van der Waals surface area contributed by atoms with Crippen molar-refractivity contribution in [2.24, 2.45) is 0 Å². The van der Waals surface area contributed by atoms with Gasteiger partial charge in [-0.05, 0) is 61.9 Å². The molecule has 4 aromatic carbocycles. The van der Waals surface area contributed by atoms with Crippen LogP contribution in [0.3, 0.4) is 0 Å². The zero-order chi connectivity index (χ0) is 34.0. The second-order valence-electron chi connectivity index (χ2n) is 10.7. The molecule has 0 aliphatic carbocycles. The van der Waals surface area contributed by atoms with Crippen LogP contribution in [0.5, 0.6) is 11.5 Å². The van der Waals surface area contributed by atoms with Gasteiger partial charge in [-0.3, -0.25) is 14.4 Å². The highest BCUT2D eigenvalue weighted by atomic mass is 32.2. The number of hydrogen-bond acceptors (Lipinski definition) is 8. The molecule has 11 heteroatoms.